The smallest absolute Gasteiger partial charge is 0.310 e. The van der Waals surface area contributed by atoms with Crippen LogP contribution in [0.4, 0.5) is 5.69 Å². The number of carbonyl (C=O) groups is 2. The summed E-state index contributed by atoms with van der Waals surface area (Å²) in [6.45, 7) is 1.11. The first-order chi connectivity index (χ1) is 12.1. The van der Waals surface area contributed by atoms with E-state index in [-0.39, 0.29) is 17.8 Å². The molecule has 1 saturated heterocycles. The summed E-state index contributed by atoms with van der Waals surface area (Å²) in [5, 5.41) is 2.99. The molecule has 5 heteroatoms. The van der Waals surface area contributed by atoms with E-state index in [0.717, 1.165) is 16.8 Å². The fourth-order valence-corrected chi connectivity index (χ4v) is 4.12. The van der Waals surface area contributed by atoms with Gasteiger partial charge in [-0.3, -0.25) is 14.5 Å². The molecule has 1 amide bonds. The molecule has 2 heterocycles. The summed E-state index contributed by atoms with van der Waals surface area (Å²) in [5.41, 5.74) is 2.08. The highest BCUT2D eigenvalue weighted by Crippen LogP contribution is 2.49. The second kappa shape index (κ2) is 6.01. The molecule has 128 valence electrons. The first-order valence-electron chi connectivity index (χ1n) is 8.43. The van der Waals surface area contributed by atoms with Crippen LogP contribution >= 0.6 is 0 Å². The van der Waals surface area contributed by atoms with Crippen molar-refractivity contribution >= 4 is 17.6 Å². The standard InChI is InChI=1S/C20H20N2O3/c1-25-18(23)15-11-20(16-9-5-6-10-17(16)21-19(20)24)22(13-15)12-14-7-3-2-4-8-14/h2-10,15H,11-13H2,1H3,(H,21,24)/t15-,20+/m0/s1. The number of likely N-dealkylation sites (tertiary alicyclic amines) is 1. The largest absolute Gasteiger partial charge is 0.469 e. The number of para-hydroxylation sites is 1. The lowest BCUT2D eigenvalue weighted by molar-refractivity contribution is -0.145. The summed E-state index contributed by atoms with van der Waals surface area (Å²) < 4.78 is 4.96. The van der Waals surface area contributed by atoms with Crippen molar-refractivity contribution in [2.75, 3.05) is 19.0 Å². The van der Waals surface area contributed by atoms with E-state index in [4.69, 9.17) is 4.74 Å². The average Bonchev–Trinajstić information content (AvgIpc) is 3.15. The highest BCUT2D eigenvalue weighted by Gasteiger charge is 2.57. The molecule has 0 saturated carbocycles. The third kappa shape index (κ3) is 2.43. The summed E-state index contributed by atoms with van der Waals surface area (Å²) in [7, 11) is 1.40. The predicted molar refractivity (Wildman–Crippen MR) is 93.7 cm³/mol. The molecule has 1 spiro atoms. The second-order valence-electron chi connectivity index (χ2n) is 6.65. The lowest BCUT2D eigenvalue weighted by Gasteiger charge is -2.33. The van der Waals surface area contributed by atoms with Crippen molar-refractivity contribution < 1.29 is 14.3 Å². The third-order valence-electron chi connectivity index (χ3n) is 5.27. The van der Waals surface area contributed by atoms with Gasteiger partial charge in [0.2, 0.25) is 5.91 Å². The van der Waals surface area contributed by atoms with Gasteiger partial charge in [0, 0.05) is 24.3 Å². The number of ether oxygens (including phenoxy) is 1. The van der Waals surface area contributed by atoms with E-state index < -0.39 is 5.54 Å². The van der Waals surface area contributed by atoms with Crippen LogP contribution in [0.25, 0.3) is 0 Å². The van der Waals surface area contributed by atoms with Gasteiger partial charge >= 0.3 is 5.97 Å². The number of nitrogens with zero attached hydrogens (tertiary/aromatic N) is 1. The number of amides is 1. The molecule has 0 aliphatic carbocycles. The molecule has 0 bridgehead atoms. The molecule has 25 heavy (non-hydrogen) atoms. The van der Waals surface area contributed by atoms with Crippen LogP contribution in [0.5, 0.6) is 0 Å². The van der Waals surface area contributed by atoms with Gasteiger partial charge < -0.3 is 10.1 Å². The topological polar surface area (TPSA) is 58.6 Å². The van der Waals surface area contributed by atoms with E-state index in [2.05, 4.69) is 10.2 Å². The Morgan fingerprint density at radius 1 is 1.20 bits per heavy atom. The van der Waals surface area contributed by atoms with Crippen LogP contribution in [0.2, 0.25) is 0 Å². The lowest BCUT2D eigenvalue weighted by atomic mass is 9.85. The minimum Gasteiger partial charge on any atom is -0.469 e. The molecule has 0 radical (unpaired) electrons. The molecule has 4 rings (SSSR count). The Balaban J connectivity index is 1.77. The minimum atomic E-state index is -0.814. The molecule has 0 unspecified atom stereocenters. The summed E-state index contributed by atoms with van der Waals surface area (Å²) in [6.07, 6.45) is 0.440. The van der Waals surface area contributed by atoms with Crippen LogP contribution in [-0.4, -0.2) is 30.4 Å². The molecule has 2 aromatic carbocycles. The molecule has 1 N–H and O–H groups in total. The van der Waals surface area contributed by atoms with Crippen LogP contribution < -0.4 is 5.32 Å². The van der Waals surface area contributed by atoms with Gasteiger partial charge in [0.1, 0.15) is 5.54 Å². The van der Waals surface area contributed by atoms with E-state index in [1.165, 1.54) is 7.11 Å². The number of carbonyl (C=O) groups excluding carboxylic acids is 2. The molecule has 2 atom stereocenters. The maximum atomic E-state index is 13.0. The Kier molecular flexibility index (Phi) is 3.81. The number of hydrogen-bond donors (Lipinski definition) is 1. The van der Waals surface area contributed by atoms with Gasteiger partial charge in [-0.1, -0.05) is 48.5 Å². The monoisotopic (exact) mass is 336 g/mol. The summed E-state index contributed by atoms with van der Waals surface area (Å²) in [5.74, 6) is -0.631. The molecule has 2 aliphatic heterocycles. The number of fused-ring (bicyclic) bond motifs is 2. The Morgan fingerprint density at radius 2 is 1.92 bits per heavy atom. The predicted octanol–water partition coefficient (Wildman–Crippen LogP) is 2.53. The zero-order valence-electron chi connectivity index (χ0n) is 14.1. The van der Waals surface area contributed by atoms with E-state index in [1.807, 2.05) is 54.6 Å². The number of benzene rings is 2. The minimum absolute atomic E-state index is 0.0592. The van der Waals surface area contributed by atoms with Gasteiger partial charge in [-0.2, -0.15) is 0 Å². The van der Waals surface area contributed by atoms with Crippen LogP contribution in [0.15, 0.2) is 54.6 Å². The molecule has 2 aromatic rings. The Hall–Kier alpha value is -2.66. The zero-order valence-corrected chi connectivity index (χ0v) is 14.1. The van der Waals surface area contributed by atoms with Gasteiger partial charge in [-0.15, -0.1) is 0 Å². The number of hydrogen-bond acceptors (Lipinski definition) is 4. The number of methoxy groups -OCH3 is 1. The molecule has 1 fully saturated rings. The summed E-state index contributed by atoms with van der Waals surface area (Å²) in [4.78, 5) is 27.3. The van der Waals surface area contributed by atoms with Crippen molar-refractivity contribution in [3.8, 4) is 0 Å². The van der Waals surface area contributed by atoms with Gasteiger partial charge in [0.05, 0.1) is 13.0 Å². The first kappa shape index (κ1) is 15.8. The normalized spacial score (nSPS) is 25.0. The number of anilines is 1. The van der Waals surface area contributed by atoms with Crippen molar-refractivity contribution in [1.29, 1.82) is 0 Å². The summed E-state index contributed by atoms with van der Waals surface area (Å²) >= 11 is 0. The summed E-state index contributed by atoms with van der Waals surface area (Å²) in [6, 6.07) is 17.8. The number of esters is 1. The van der Waals surface area contributed by atoms with Crippen molar-refractivity contribution in [2.45, 2.75) is 18.5 Å². The molecule has 0 aromatic heterocycles. The highest BCUT2D eigenvalue weighted by molar-refractivity contribution is 6.06. The maximum Gasteiger partial charge on any atom is 0.310 e. The average molecular weight is 336 g/mol. The van der Waals surface area contributed by atoms with E-state index in [0.29, 0.717) is 19.5 Å². The lowest BCUT2D eigenvalue weighted by Crippen LogP contribution is -2.46. The van der Waals surface area contributed by atoms with Crippen LogP contribution in [0.1, 0.15) is 17.5 Å². The van der Waals surface area contributed by atoms with Crippen LogP contribution in [0.3, 0.4) is 0 Å². The maximum absolute atomic E-state index is 13.0. The van der Waals surface area contributed by atoms with Gasteiger partial charge in [0.25, 0.3) is 0 Å². The van der Waals surface area contributed by atoms with Crippen LogP contribution in [-0.2, 0) is 26.4 Å². The van der Waals surface area contributed by atoms with E-state index >= 15 is 0 Å². The van der Waals surface area contributed by atoms with Gasteiger partial charge in [-0.05, 0) is 18.1 Å². The number of rotatable bonds is 3. The van der Waals surface area contributed by atoms with Crippen molar-refractivity contribution in [3.63, 3.8) is 0 Å². The zero-order chi connectivity index (χ0) is 17.4. The molecular formula is C20H20N2O3. The fourth-order valence-electron chi connectivity index (χ4n) is 4.12. The molecule has 2 aliphatic rings. The SMILES string of the molecule is COC(=O)[C@@H]1CN(Cc2ccccc2)[C@@]2(C1)C(=O)Nc1ccccc12. The van der Waals surface area contributed by atoms with Crippen molar-refractivity contribution in [3.05, 3.63) is 65.7 Å². The first-order valence-corrected chi connectivity index (χ1v) is 8.43. The Labute approximate surface area is 146 Å². The third-order valence-corrected chi connectivity index (χ3v) is 5.27. The Bertz CT molecular complexity index is 821. The van der Waals surface area contributed by atoms with Gasteiger partial charge in [-0.25, -0.2) is 0 Å². The van der Waals surface area contributed by atoms with Crippen molar-refractivity contribution in [1.82, 2.24) is 4.90 Å². The molecular weight excluding hydrogens is 316 g/mol. The quantitative estimate of drug-likeness (QED) is 0.875. The van der Waals surface area contributed by atoms with E-state index in [1.54, 1.807) is 0 Å². The fraction of sp³-hybridized carbons (Fsp3) is 0.300. The highest BCUT2D eigenvalue weighted by atomic mass is 16.5. The van der Waals surface area contributed by atoms with Crippen molar-refractivity contribution in [2.24, 2.45) is 5.92 Å². The van der Waals surface area contributed by atoms with E-state index in [9.17, 15) is 9.59 Å². The van der Waals surface area contributed by atoms with Gasteiger partial charge in [0.15, 0.2) is 0 Å². The Morgan fingerprint density at radius 3 is 2.68 bits per heavy atom. The number of nitrogens with one attached hydrogen (secondary N) is 1. The molecule has 5 nitrogen and oxygen atoms in total. The second-order valence-corrected chi connectivity index (χ2v) is 6.65. The van der Waals surface area contributed by atoms with Crippen LogP contribution in [0, 0.1) is 5.92 Å².